The summed E-state index contributed by atoms with van der Waals surface area (Å²) in [5.74, 6) is -0.369. The minimum absolute atomic E-state index is 0.00532. The first-order chi connectivity index (χ1) is 11.6. The van der Waals surface area contributed by atoms with Crippen molar-refractivity contribution in [1.82, 2.24) is 5.32 Å². The number of amides is 1. The molecule has 0 aromatic heterocycles. The van der Waals surface area contributed by atoms with Crippen LogP contribution in [-0.2, 0) is 16.1 Å². The smallest absolute Gasteiger partial charge is 0.337 e. The maximum Gasteiger partial charge on any atom is 0.337 e. The van der Waals surface area contributed by atoms with E-state index in [4.69, 9.17) is 0 Å². The Morgan fingerprint density at radius 1 is 1.00 bits per heavy atom. The highest BCUT2D eigenvalue weighted by Gasteiger charge is 2.05. The molecule has 0 spiro atoms. The molecule has 2 rings (SSSR count). The van der Waals surface area contributed by atoms with Gasteiger partial charge in [0.15, 0.2) is 0 Å². The summed E-state index contributed by atoms with van der Waals surface area (Å²) in [6, 6.07) is 15.0. The normalized spacial score (nSPS) is 10.1. The molecule has 2 N–H and O–H groups in total. The van der Waals surface area contributed by atoms with Crippen LogP contribution in [0.3, 0.4) is 0 Å². The van der Waals surface area contributed by atoms with Gasteiger partial charge in [0.1, 0.15) is 0 Å². The number of esters is 1. The number of methoxy groups -OCH3 is 1. The van der Waals surface area contributed by atoms with Gasteiger partial charge in [0.05, 0.1) is 12.7 Å². The van der Waals surface area contributed by atoms with Crippen LogP contribution in [0.1, 0.15) is 27.9 Å². The summed E-state index contributed by atoms with van der Waals surface area (Å²) in [6.45, 7) is 3.09. The fraction of sp³-hybridized carbons (Fsp3) is 0.263. The van der Waals surface area contributed by atoms with Crippen molar-refractivity contribution in [2.24, 2.45) is 0 Å². The third-order valence-corrected chi connectivity index (χ3v) is 3.60. The van der Waals surface area contributed by atoms with Gasteiger partial charge in [0, 0.05) is 25.2 Å². The lowest BCUT2D eigenvalue weighted by atomic mass is 10.1. The van der Waals surface area contributed by atoms with E-state index in [0.29, 0.717) is 25.1 Å². The molecule has 0 radical (unpaired) electrons. The third-order valence-electron chi connectivity index (χ3n) is 3.60. The van der Waals surface area contributed by atoms with Crippen molar-refractivity contribution in [1.29, 1.82) is 0 Å². The number of carbonyl (C=O) groups excluding carboxylic acids is 2. The standard InChI is InChI=1S/C19H22N2O3/c1-14-3-5-15(6-4-14)13-21-18(22)11-12-20-17-9-7-16(8-10-17)19(23)24-2/h3-10,20H,11-13H2,1-2H3,(H,21,22). The topological polar surface area (TPSA) is 67.4 Å². The molecule has 126 valence electrons. The summed E-state index contributed by atoms with van der Waals surface area (Å²) >= 11 is 0. The van der Waals surface area contributed by atoms with Crippen LogP contribution >= 0.6 is 0 Å². The molecule has 0 aliphatic heterocycles. The number of carbonyl (C=O) groups is 2. The second kappa shape index (κ2) is 8.72. The largest absolute Gasteiger partial charge is 0.465 e. The van der Waals surface area contributed by atoms with E-state index in [1.165, 1.54) is 12.7 Å². The first kappa shape index (κ1) is 17.5. The highest BCUT2D eigenvalue weighted by Crippen LogP contribution is 2.10. The minimum Gasteiger partial charge on any atom is -0.465 e. The van der Waals surface area contributed by atoms with Crippen LogP contribution in [0.5, 0.6) is 0 Å². The summed E-state index contributed by atoms with van der Waals surface area (Å²) in [6.07, 6.45) is 0.380. The van der Waals surface area contributed by atoms with Crippen molar-refractivity contribution in [2.75, 3.05) is 19.0 Å². The molecular weight excluding hydrogens is 304 g/mol. The van der Waals surface area contributed by atoms with E-state index in [0.717, 1.165) is 11.3 Å². The fourth-order valence-corrected chi connectivity index (χ4v) is 2.16. The van der Waals surface area contributed by atoms with Gasteiger partial charge in [-0.15, -0.1) is 0 Å². The second-order valence-electron chi connectivity index (χ2n) is 5.51. The first-order valence-electron chi connectivity index (χ1n) is 7.83. The maximum absolute atomic E-state index is 11.8. The number of hydrogen-bond donors (Lipinski definition) is 2. The Hall–Kier alpha value is -2.82. The van der Waals surface area contributed by atoms with E-state index in [-0.39, 0.29) is 11.9 Å². The van der Waals surface area contributed by atoms with Crippen LogP contribution in [0.2, 0.25) is 0 Å². The van der Waals surface area contributed by atoms with Gasteiger partial charge >= 0.3 is 5.97 Å². The molecule has 2 aromatic rings. The summed E-state index contributed by atoms with van der Waals surface area (Å²) in [5, 5.41) is 6.05. The molecule has 1 amide bonds. The number of benzene rings is 2. The molecule has 0 aliphatic rings. The molecule has 0 bridgehead atoms. The Morgan fingerprint density at radius 3 is 2.29 bits per heavy atom. The predicted octanol–water partition coefficient (Wildman–Crippen LogP) is 2.90. The van der Waals surface area contributed by atoms with Crippen LogP contribution in [0.15, 0.2) is 48.5 Å². The maximum atomic E-state index is 11.8. The Balaban J connectivity index is 1.70. The van der Waals surface area contributed by atoms with E-state index < -0.39 is 0 Å². The van der Waals surface area contributed by atoms with E-state index in [1.54, 1.807) is 24.3 Å². The van der Waals surface area contributed by atoms with Crippen molar-refractivity contribution >= 4 is 17.6 Å². The van der Waals surface area contributed by atoms with Gasteiger partial charge in [0.2, 0.25) is 5.91 Å². The van der Waals surface area contributed by atoms with Crippen molar-refractivity contribution in [2.45, 2.75) is 19.9 Å². The SMILES string of the molecule is COC(=O)c1ccc(NCCC(=O)NCc2ccc(C)cc2)cc1. The molecule has 24 heavy (non-hydrogen) atoms. The lowest BCUT2D eigenvalue weighted by Gasteiger charge is -2.08. The molecule has 2 aromatic carbocycles. The van der Waals surface area contributed by atoms with Gasteiger partial charge in [-0.3, -0.25) is 4.79 Å². The quantitative estimate of drug-likeness (QED) is 0.768. The summed E-state index contributed by atoms with van der Waals surface area (Å²) < 4.78 is 4.65. The van der Waals surface area contributed by atoms with Crippen LogP contribution in [0, 0.1) is 6.92 Å². The molecule has 5 heteroatoms. The molecule has 5 nitrogen and oxygen atoms in total. The number of hydrogen-bond acceptors (Lipinski definition) is 4. The minimum atomic E-state index is -0.364. The molecule has 0 aliphatic carbocycles. The lowest BCUT2D eigenvalue weighted by Crippen LogP contribution is -2.24. The molecule has 0 atom stereocenters. The number of aryl methyl sites for hydroxylation is 1. The molecule has 0 unspecified atom stereocenters. The zero-order valence-electron chi connectivity index (χ0n) is 14.0. The van der Waals surface area contributed by atoms with Crippen LogP contribution in [0.4, 0.5) is 5.69 Å². The Labute approximate surface area is 142 Å². The summed E-state index contributed by atoms with van der Waals surface area (Å²) in [5.41, 5.74) is 3.64. The van der Waals surface area contributed by atoms with E-state index >= 15 is 0 Å². The zero-order chi connectivity index (χ0) is 17.4. The zero-order valence-corrected chi connectivity index (χ0v) is 14.0. The average Bonchev–Trinajstić information content (AvgIpc) is 2.61. The molecule has 0 heterocycles. The lowest BCUT2D eigenvalue weighted by molar-refractivity contribution is -0.121. The molecular formula is C19H22N2O3. The van der Waals surface area contributed by atoms with E-state index in [9.17, 15) is 9.59 Å². The van der Waals surface area contributed by atoms with Crippen molar-refractivity contribution in [3.05, 3.63) is 65.2 Å². The van der Waals surface area contributed by atoms with E-state index in [1.807, 2.05) is 31.2 Å². The van der Waals surface area contributed by atoms with E-state index in [2.05, 4.69) is 15.4 Å². The molecule has 0 saturated heterocycles. The van der Waals surface area contributed by atoms with Gasteiger partial charge in [-0.1, -0.05) is 29.8 Å². The number of rotatable bonds is 7. The first-order valence-corrected chi connectivity index (χ1v) is 7.83. The van der Waals surface area contributed by atoms with Crippen molar-refractivity contribution < 1.29 is 14.3 Å². The van der Waals surface area contributed by atoms with Gasteiger partial charge in [-0.2, -0.15) is 0 Å². The highest BCUT2D eigenvalue weighted by atomic mass is 16.5. The van der Waals surface area contributed by atoms with Gasteiger partial charge in [-0.25, -0.2) is 4.79 Å². The number of nitrogens with one attached hydrogen (secondary N) is 2. The van der Waals surface area contributed by atoms with Crippen LogP contribution in [0.25, 0.3) is 0 Å². The van der Waals surface area contributed by atoms with Crippen LogP contribution < -0.4 is 10.6 Å². The van der Waals surface area contributed by atoms with Crippen LogP contribution in [-0.4, -0.2) is 25.5 Å². The highest BCUT2D eigenvalue weighted by molar-refractivity contribution is 5.89. The molecule has 0 saturated carbocycles. The van der Waals surface area contributed by atoms with Gasteiger partial charge in [0.25, 0.3) is 0 Å². The van der Waals surface area contributed by atoms with Gasteiger partial charge < -0.3 is 15.4 Å². The Kier molecular flexibility index (Phi) is 6.37. The average molecular weight is 326 g/mol. The number of anilines is 1. The number of ether oxygens (including phenoxy) is 1. The summed E-state index contributed by atoms with van der Waals surface area (Å²) in [4.78, 5) is 23.2. The van der Waals surface area contributed by atoms with Crippen molar-refractivity contribution in [3.8, 4) is 0 Å². The Bertz CT molecular complexity index is 679. The predicted molar refractivity (Wildman–Crippen MR) is 93.9 cm³/mol. The summed E-state index contributed by atoms with van der Waals surface area (Å²) in [7, 11) is 1.35. The monoisotopic (exact) mass is 326 g/mol. The molecule has 0 fully saturated rings. The Morgan fingerprint density at radius 2 is 1.67 bits per heavy atom. The van der Waals surface area contributed by atoms with Gasteiger partial charge in [-0.05, 0) is 36.8 Å². The third kappa shape index (κ3) is 5.43. The van der Waals surface area contributed by atoms with Crippen molar-refractivity contribution in [3.63, 3.8) is 0 Å². The second-order valence-corrected chi connectivity index (χ2v) is 5.51. The fourth-order valence-electron chi connectivity index (χ4n) is 2.16.